The Kier molecular flexibility index (Phi) is 3.92. The first-order valence-corrected chi connectivity index (χ1v) is 7.84. The molecule has 0 amide bonds. The largest absolute Gasteiger partial charge is 0.248 e. The number of nitrogens with zero attached hydrogens (tertiary/aromatic N) is 2. The normalized spacial score (nSPS) is 10.9. The van der Waals surface area contributed by atoms with Gasteiger partial charge in [0.25, 0.3) is 0 Å². The summed E-state index contributed by atoms with van der Waals surface area (Å²) in [7, 11) is 0. The van der Waals surface area contributed by atoms with Gasteiger partial charge in [-0.25, -0.2) is 9.97 Å². The standard InChI is InChI=1S/C15H9BrCl2N2/c16-8-13-14(9-4-1-2-5-10(9)17)20-15-11(18)6-3-7-12(15)19-13/h1-7H,8H2. The van der Waals surface area contributed by atoms with E-state index in [1.807, 2.05) is 42.5 Å². The zero-order chi connectivity index (χ0) is 14.1. The average Bonchev–Trinajstić information content (AvgIpc) is 2.47. The Hall–Kier alpha value is -1.16. The highest BCUT2D eigenvalue weighted by Gasteiger charge is 2.13. The highest BCUT2D eigenvalue weighted by atomic mass is 79.9. The first-order valence-electron chi connectivity index (χ1n) is 5.96. The molecule has 0 aliphatic heterocycles. The molecule has 0 atom stereocenters. The number of alkyl halides is 1. The van der Waals surface area contributed by atoms with Crippen LogP contribution >= 0.6 is 39.1 Å². The predicted molar refractivity (Wildman–Crippen MR) is 87.6 cm³/mol. The second-order valence-corrected chi connectivity index (χ2v) is 5.62. The second-order valence-electron chi connectivity index (χ2n) is 4.24. The summed E-state index contributed by atoms with van der Waals surface area (Å²) in [6, 6.07) is 13.2. The maximum absolute atomic E-state index is 6.26. The Labute approximate surface area is 134 Å². The van der Waals surface area contributed by atoms with E-state index in [9.17, 15) is 0 Å². The topological polar surface area (TPSA) is 25.8 Å². The van der Waals surface area contributed by atoms with E-state index in [1.165, 1.54) is 0 Å². The van der Waals surface area contributed by atoms with Crippen molar-refractivity contribution in [3.05, 3.63) is 58.2 Å². The molecular weight excluding hydrogens is 359 g/mol. The van der Waals surface area contributed by atoms with Crippen molar-refractivity contribution in [1.82, 2.24) is 9.97 Å². The molecular formula is C15H9BrCl2N2. The molecule has 3 rings (SSSR count). The van der Waals surface area contributed by atoms with Crippen LogP contribution < -0.4 is 0 Å². The summed E-state index contributed by atoms with van der Waals surface area (Å²) in [5.74, 6) is 0. The van der Waals surface area contributed by atoms with E-state index in [-0.39, 0.29) is 0 Å². The SMILES string of the molecule is Clc1ccccc1-c1nc2c(Cl)cccc2nc1CBr. The number of aromatic nitrogens is 2. The fraction of sp³-hybridized carbons (Fsp3) is 0.0667. The molecule has 0 saturated carbocycles. The minimum atomic E-state index is 0.587. The van der Waals surface area contributed by atoms with Gasteiger partial charge in [-0.1, -0.05) is 63.4 Å². The van der Waals surface area contributed by atoms with Crippen LogP contribution in [0.2, 0.25) is 10.0 Å². The van der Waals surface area contributed by atoms with E-state index in [1.54, 1.807) is 0 Å². The third-order valence-electron chi connectivity index (χ3n) is 2.97. The van der Waals surface area contributed by atoms with E-state index in [4.69, 9.17) is 23.2 Å². The van der Waals surface area contributed by atoms with Crippen LogP contribution in [0.15, 0.2) is 42.5 Å². The van der Waals surface area contributed by atoms with Crippen molar-refractivity contribution in [2.75, 3.05) is 0 Å². The van der Waals surface area contributed by atoms with Crippen molar-refractivity contribution < 1.29 is 0 Å². The molecule has 2 nitrogen and oxygen atoms in total. The fourth-order valence-electron chi connectivity index (χ4n) is 2.04. The summed E-state index contributed by atoms with van der Waals surface area (Å²) in [6.07, 6.45) is 0. The lowest BCUT2D eigenvalue weighted by Gasteiger charge is -2.10. The molecule has 0 aliphatic rings. The van der Waals surface area contributed by atoms with Gasteiger partial charge in [-0.3, -0.25) is 0 Å². The predicted octanol–water partition coefficient (Wildman–Crippen LogP) is 5.50. The van der Waals surface area contributed by atoms with Crippen LogP contribution in [0.3, 0.4) is 0 Å². The number of rotatable bonds is 2. The zero-order valence-corrected chi connectivity index (χ0v) is 13.4. The summed E-state index contributed by atoms with van der Waals surface area (Å²) in [5, 5.41) is 1.84. The van der Waals surface area contributed by atoms with Crippen molar-refractivity contribution >= 4 is 50.2 Å². The fourth-order valence-corrected chi connectivity index (χ4v) is 2.87. The minimum absolute atomic E-state index is 0.587. The molecule has 0 saturated heterocycles. The third-order valence-corrected chi connectivity index (χ3v) is 4.14. The number of hydrogen-bond donors (Lipinski definition) is 0. The number of hydrogen-bond acceptors (Lipinski definition) is 2. The number of fused-ring (bicyclic) bond motifs is 1. The molecule has 0 N–H and O–H groups in total. The van der Waals surface area contributed by atoms with Crippen LogP contribution in [0.1, 0.15) is 5.69 Å². The van der Waals surface area contributed by atoms with E-state index < -0.39 is 0 Å². The number of halogens is 3. The van der Waals surface area contributed by atoms with Crippen LogP contribution in [0, 0.1) is 0 Å². The number of benzene rings is 2. The third kappa shape index (κ3) is 2.41. The Morgan fingerprint density at radius 2 is 1.65 bits per heavy atom. The van der Waals surface area contributed by atoms with Crippen molar-refractivity contribution in [2.45, 2.75) is 5.33 Å². The molecule has 0 fully saturated rings. The van der Waals surface area contributed by atoms with Gasteiger partial charge in [0.2, 0.25) is 0 Å². The maximum atomic E-state index is 6.26. The highest BCUT2D eigenvalue weighted by Crippen LogP contribution is 2.32. The van der Waals surface area contributed by atoms with E-state index in [0.29, 0.717) is 20.9 Å². The van der Waals surface area contributed by atoms with Crippen molar-refractivity contribution in [3.63, 3.8) is 0 Å². The van der Waals surface area contributed by atoms with Crippen molar-refractivity contribution in [2.24, 2.45) is 0 Å². The van der Waals surface area contributed by atoms with Crippen LogP contribution in [0.25, 0.3) is 22.3 Å². The maximum Gasteiger partial charge on any atom is 0.108 e. The first-order chi connectivity index (χ1) is 9.70. The molecule has 0 unspecified atom stereocenters. The molecule has 0 bridgehead atoms. The smallest absolute Gasteiger partial charge is 0.108 e. The summed E-state index contributed by atoms with van der Waals surface area (Å²) < 4.78 is 0. The van der Waals surface area contributed by atoms with E-state index in [2.05, 4.69) is 25.9 Å². The van der Waals surface area contributed by atoms with Crippen LogP contribution in [0.5, 0.6) is 0 Å². The zero-order valence-electron chi connectivity index (χ0n) is 10.3. The number of para-hydroxylation sites is 1. The lowest BCUT2D eigenvalue weighted by molar-refractivity contribution is 1.18. The Balaban J connectivity index is 2.34. The van der Waals surface area contributed by atoms with Gasteiger partial charge in [-0.15, -0.1) is 0 Å². The summed E-state index contributed by atoms with van der Waals surface area (Å²) in [4.78, 5) is 9.29. The van der Waals surface area contributed by atoms with Crippen molar-refractivity contribution in [1.29, 1.82) is 0 Å². The molecule has 0 radical (unpaired) electrons. The van der Waals surface area contributed by atoms with Crippen LogP contribution in [0.4, 0.5) is 0 Å². The minimum Gasteiger partial charge on any atom is -0.248 e. The van der Waals surface area contributed by atoms with Crippen molar-refractivity contribution in [3.8, 4) is 11.3 Å². The van der Waals surface area contributed by atoms with E-state index >= 15 is 0 Å². The Morgan fingerprint density at radius 3 is 2.40 bits per heavy atom. The van der Waals surface area contributed by atoms with Gasteiger partial charge >= 0.3 is 0 Å². The average molecular weight is 368 g/mol. The Bertz CT molecular complexity index is 790. The molecule has 1 heterocycles. The van der Waals surface area contributed by atoms with Gasteiger partial charge in [-0.05, 0) is 18.2 Å². The Morgan fingerprint density at radius 1 is 0.900 bits per heavy atom. The van der Waals surface area contributed by atoms with E-state index in [0.717, 1.165) is 22.5 Å². The quantitative estimate of drug-likeness (QED) is 0.559. The molecule has 1 aromatic heterocycles. The van der Waals surface area contributed by atoms with Gasteiger partial charge in [-0.2, -0.15) is 0 Å². The first kappa shape index (κ1) is 13.8. The van der Waals surface area contributed by atoms with Gasteiger partial charge in [0, 0.05) is 10.9 Å². The molecule has 3 aromatic rings. The lowest BCUT2D eigenvalue weighted by atomic mass is 10.1. The van der Waals surface area contributed by atoms with Crippen LogP contribution in [-0.4, -0.2) is 9.97 Å². The monoisotopic (exact) mass is 366 g/mol. The highest BCUT2D eigenvalue weighted by molar-refractivity contribution is 9.08. The molecule has 0 aliphatic carbocycles. The van der Waals surface area contributed by atoms with Gasteiger partial charge in [0.15, 0.2) is 0 Å². The molecule has 100 valence electrons. The van der Waals surface area contributed by atoms with Gasteiger partial charge < -0.3 is 0 Å². The van der Waals surface area contributed by atoms with Gasteiger partial charge in [0.05, 0.1) is 26.9 Å². The molecule has 2 aromatic carbocycles. The molecule has 0 spiro atoms. The van der Waals surface area contributed by atoms with Crippen LogP contribution in [-0.2, 0) is 5.33 Å². The second kappa shape index (κ2) is 5.68. The summed E-state index contributed by atoms with van der Waals surface area (Å²) >= 11 is 15.9. The van der Waals surface area contributed by atoms with Gasteiger partial charge in [0.1, 0.15) is 5.52 Å². The summed E-state index contributed by atoms with van der Waals surface area (Å²) in [6.45, 7) is 0. The molecule has 20 heavy (non-hydrogen) atoms. The summed E-state index contributed by atoms with van der Waals surface area (Å²) in [5.41, 5.74) is 3.93. The lowest BCUT2D eigenvalue weighted by Crippen LogP contribution is -1.97. The molecule has 5 heteroatoms.